The van der Waals surface area contributed by atoms with Crippen LogP contribution in [0.1, 0.15) is 6.42 Å². The molecular weight excluding hydrogens is 314 g/mol. The largest absolute Gasteiger partial charge is 0.451 e. The molecule has 112 valence electrons. The van der Waals surface area contributed by atoms with E-state index in [0.717, 1.165) is 6.07 Å². The lowest BCUT2D eigenvalue weighted by Crippen LogP contribution is -2.10. The number of amides is 1. The number of halogens is 3. The molecule has 0 saturated heterocycles. The summed E-state index contributed by atoms with van der Waals surface area (Å²) in [6.45, 7) is 0. The van der Waals surface area contributed by atoms with Gasteiger partial charge in [-0.05, 0) is 24.3 Å². The molecule has 1 amide bonds. The number of nitriles is 1. The molecule has 0 aliphatic heterocycles. The van der Waals surface area contributed by atoms with Crippen LogP contribution in [0, 0.1) is 23.0 Å². The van der Waals surface area contributed by atoms with Gasteiger partial charge in [-0.2, -0.15) is 5.26 Å². The fraction of sp³-hybridized carbons (Fsp3) is 0.0667. The van der Waals surface area contributed by atoms with Crippen LogP contribution in [0.25, 0.3) is 0 Å². The number of carbonyl (C=O) groups is 1. The van der Waals surface area contributed by atoms with E-state index in [1.165, 1.54) is 30.3 Å². The average Bonchev–Trinajstić information content (AvgIpc) is 2.46. The first-order valence-electron chi connectivity index (χ1n) is 6.09. The van der Waals surface area contributed by atoms with Gasteiger partial charge in [-0.15, -0.1) is 0 Å². The van der Waals surface area contributed by atoms with Crippen LogP contribution >= 0.6 is 11.6 Å². The van der Waals surface area contributed by atoms with Gasteiger partial charge in [-0.3, -0.25) is 4.79 Å². The van der Waals surface area contributed by atoms with E-state index in [1.807, 2.05) is 0 Å². The number of nitrogens with zero attached hydrogens (tertiary/aromatic N) is 1. The minimum Gasteiger partial charge on any atom is -0.451 e. The highest BCUT2D eigenvalue weighted by Gasteiger charge is 2.12. The van der Waals surface area contributed by atoms with Crippen LogP contribution in [-0.2, 0) is 4.79 Å². The lowest BCUT2D eigenvalue weighted by molar-refractivity contribution is -0.115. The second-order valence-corrected chi connectivity index (χ2v) is 4.59. The van der Waals surface area contributed by atoms with Gasteiger partial charge in [0.05, 0.1) is 11.1 Å². The van der Waals surface area contributed by atoms with Crippen LogP contribution in [0.3, 0.4) is 0 Å². The van der Waals surface area contributed by atoms with Gasteiger partial charge < -0.3 is 10.1 Å². The van der Waals surface area contributed by atoms with E-state index >= 15 is 0 Å². The van der Waals surface area contributed by atoms with Crippen LogP contribution in [0.2, 0.25) is 5.02 Å². The maximum atomic E-state index is 13.9. The quantitative estimate of drug-likeness (QED) is 0.914. The molecule has 0 bridgehead atoms. The lowest BCUT2D eigenvalue weighted by Gasteiger charge is -2.10. The minimum absolute atomic E-state index is 0.140. The Morgan fingerprint density at radius 1 is 1.27 bits per heavy atom. The maximum Gasteiger partial charge on any atom is 0.238 e. The van der Waals surface area contributed by atoms with Crippen molar-refractivity contribution in [1.29, 1.82) is 5.26 Å². The molecular formula is C15H9ClF2N2O2. The van der Waals surface area contributed by atoms with Gasteiger partial charge in [0, 0.05) is 11.8 Å². The molecule has 0 aliphatic rings. The fourth-order valence-electron chi connectivity index (χ4n) is 1.62. The number of ether oxygens (including phenoxy) is 1. The summed E-state index contributed by atoms with van der Waals surface area (Å²) in [5, 5.41) is 10.6. The topological polar surface area (TPSA) is 62.1 Å². The second kappa shape index (κ2) is 6.87. The van der Waals surface area contributed by atoms with Crippen molar-refractivity contribution in [3.05, 3.63) is 53.1 Å². The van der Waals surface area contributed by atoms with Gasteiger partial charge in [-0.25, -0.2) is 8.78 Å². The van der Waals surface area contributed by atoms with E-state index < -0.39 is 17.5 Å². The summed E-state index contributed by atoms with van der Waals surface area (Å²) in [7, 11) is 0. The zero-order valence-corrected chi connectivity index (χ0v) is 11.8. The average molecular weight is 323 g/mol. The molecule has 2 aromatic rings. The molecule has 0 radical (unpaired) electrons. The van der Waals surface area contributed by atoms with Crippen molar-refractivity contribution < 1.29 is 18.3 Å². The Morgan fingerprint density at radius 3 is 2.73 bits per heavy atom. The van der Waals surface area contributed by atoms with Crippen LogP contribution in [-0.4, -0.2) is 5.91 Å². The standard InChI is InChI=1S/C15H9ClF2N2O2/c16-10-2-1-3-13(15(10)18)22-12-5-4-9(8-11(12)17)20-14(21)6-7-19/h1-5,8H,6H2,(H,20,21). The number of carbonyl (C=O) groups excluding carboxylic acids is 1. The number of hydrogen-bond acceptors (Lipinski definition) is 3. The molecule has 0 atom stereocenters. The Bertz CT molecular complexity index is 760. The third kappa shape index (κ3) is 3.71. The molecule has 0 aliphatic carbocycles. The molecule has 7 heteroatoms. The van der Waals surface area contributed by atoms with Gasteiger partial charge in [0.1, 0.15) is 6.42 Å². The molecule has 1 N–H and O–H groups in total. The summed E-state index contributed by atoms with van der Waals surface area (Å²) in [5.74, 6) is -2.59. The molecule has 4 nitrogen and oxygen atoms in total. The van der Waals surface area contributed by atoms with E-state index in [-0.39, 0.29) is 28.6 Å². The van der Waals surface area contributed by atoms with E-state index in [4.69, 9.17) is 21.6 Å². The van der Waals surface area contributed by atoms with Gasteiger partial charge in [0.15, 0.2) is 23.1 Å². The Balaban J connectivity index is 2.18. The van der Waals surface area contributed by atoms with Crippen molar-refractivity contribution in [1.82, 2.24) is 0 Å². The maximum absolute atomic E-state index is 13.9. The van der Waals surface area contributed by atoms with E-state index in [9.17, 15) is 13.6 Å². The molecule has 0 heterocycles. The predicted octanol–water partition coefficient (Wildman–Crippen LogP) is 4.26. The summed E-state index contributed by atoms with van der Waals surface area (Å²) >= 11 is 5.61. The highest BCUT2D eigenvalue weighted by Crippen LogP contribution is 2.31. The zero-order chi connectivity index (χ0) is 16.1. The number of hydrogen-bond donors (Lipinski definition) is 1. The van der Waals surface area contributed by atoms with Crippen LogP contribution in [0.15, 0.2) is 36.4 Å². The lowest BCUT2D eigenvalue weighted by atomic mass is 10.2. The van der Waals surface area contributed by atoms with E-state index in [0.29, 0.717) is 0 Å². The third-order valence-corrected chi connectivity index (χ3v) is 2.88. The van der Waals surface area contributed by atoms with Crippen molar-refractivity contribution in [3.63, 3.8) is 0 Å². The highest BCUT2D eigenvalue weighted by molar-refractivity contribution is 6.30. The molecule has 2 aromatic carbocycles. The van der Waals surface area contributed by atoms with Gasteiger partial charge in [-0.1, -0.05) is 17.7 Å². The molecule has 0 aromatic heterocycles. The second-order valence-electron chi connectivity index (χ2n) is 4.18. The Morgan fingerprint density at radius 2 is 2.05 bits per heavy atom. The van der Waals surface area contributed by atoms with Gasteiger partial charge >= 0.3 is 0 Å². The summed E-state index contributed by atoms with van der Waals surface area (Å²) in [6, 6.07) is 9.40. The smallest absolute Gasteiger partial charge is 0.238 e. The summed E-state index contributed by atoms with van der Waals surface area (Å²) in [4.78, 5) is 11.2. The van der Waals surface area contributed by atoms with Gasteiger partial charge in [0.25, 0.3) is 0 Å². The van der Waals surface area contributed by atoms with Gasteiger partial charge in [0.2, 0.25) is 5.91 Å². The number of benzene rings is 2. The van der Waals surface area contributed by atoms with E-state index in [1.54, 1.807) is 6.07 Å². The third-order valence-electron chi connectivity index (χ3n) is 2.59. The van der Waals surface area contributed by atoms with Crippen molar-refractivity contribution in [2.45, 2.75) is 6.42 Å². The first kappa shape index (κ1) is 15.7. The summed E-state index contributed by atoms with van der Waals surface area (Å²) in [5.41, 5.74) is 0.164. The SMILES string of the molecule is N#CCC(=O)Nc1ccc(Oc2cccc(Cl)c2F)c(F)c1. The number of anilines is 1. The minimum atomic E-state index is -0.797. The van der Waals surface area contributed by atoms with Crippen LogP contribution in [0.4, 0.5) is 14.5 Å². The number of rotatable bonds is 4. The van der Waals surface area contributed by atoms with Crippen LogP contribution in [0.5, 0.6) is 11.5 Å². The van der Waals surface area contributed by atoms with Crippen molar-refractivity contribution in [2.24, 2.45) is 0 Å². The zero-order valence-electron chi connectivity index (χ0n) is 11.1. The van der Waals surface area contributed by atoms with Crippen LogP contribution < -0.4 is 10.1 Å². The van der Waals surface area contributed by atoms with Crippen molar-refractivity contribution >= 4 is 23.2 Å². The summed E-state index contributed by atoms with van der Waals surface area (Å²) in [6.07, 6.45) is -0.340. The first-order chi connectivity index (χ1) is 10.5. The Labute approximate surface area is 129 Å². The summed E-state index contributed by atoms with van der Waals surface area (Å²) < 4.78 is 32.7. The van der Waals surface area contributed by atoms with E-state index in [2.05, 4.69) is 5.32 Å². The molecule has 0 fully saturated rings. The van der Waals surface area contributed by atoms with Crippen molar-refractivity contribution in [2.75, 3.05) is 5.32 Å². The molecule has 0 spiro atoms. The monoisotopic (exact) mass is 322 g/mol. The number of nitrogens with one attached hydrogen (secondary N) is 1. The fourth-order valence-corrected chi connectivity index (χ4v) is 1.79. The first-order valence-corrected chi connectivity index (χ1v) is 6.47. The molecule has 0 unspecified atom stereocenters. The molecule has 22 heavy (non-hydrogen) atoms. The van der Waals surface area contributed by atoms with Crippen molar-refractivity contribution in [3.8, 4) is 17.6 Å². The predicted molar refractivity (Wildman–Crippen MR) is 76.7 cm³/mol. The normalized spacial score (nSPS) is 9.91. The molecule has 2 rings (SSSR count). The Kier molecular flexibility index (Phi) is 4.92. The Hall–Kier alpha value is -2.65. The molecule has 0 saturated carbocycles. The highest BCUT2D eigenvalue weighted by atomic mass is 35.5.